The molecule has 0 bridgehead atoms. The molecule has 0 saturated carbocycles. The van der Waals surface area contributed by atoms with E-state index in [2.05, 4.69) is 14.9 Å². The number of nitrogens with zero attached hydrogens (tertiary/aromatic N) is 3. The highest BCUT2D eigenvalue weighted by Gasteiger charge is 2.41. The third-order valence-corrected chi connectivity index (χ3v) is 6.00. The average molecular weight is 445 g/mol. The van der Waals surface area contributed by atoms with Crippen LogP contribution in [0.15, 0.2) is 59.3 Å². The van der Waals surface area contributed by atoms with Crippen LogP contribution in [0.4, 0.5) is 5.69 Å². The smallest absolute Gasteiger partial charge is 0.257 e. The van der Waals surface area contributed by atoms with E-state index in [-0.39, 0.29) is 0 Å². The van der Waals surface area contributed by atoms with Crippen LogP contribution in [-0.2, 0) is 15.6 Å². The van der Waals surface area contributed by atoms with Gasteiger partial charge in [0.25, 0.3) is 5.89 Å². The molecule has 4 aromatic rings. The molecule has 0 aliphatic carbocycles. The van der Waals surface area contributed by atoms with Gasteiger partial charge in [-0.25, -0.2) is 8.42 Å². The largest absolute Gasteiger partial charge is 0.336 e. The fraction of sp³-hybridized carbons (Fsp3) is 0.238. The number of sulfonamides is 1. The summed E-state index contributed by atoms with van der Waals surface area (Å²) in [7, 11) is -3.42. The predicted octanol–water partition coefficient (Wildman–Crippen LogP) is 4.56. The van der Waals surface area contributed by atoms with Gasteiger partial charge >= 0.3 is 0 Å². The molecule has 156 valence electrons. The Bertz CT molecular complexity index is 1310. The van der Waals surface area contributed by atoms with E-state index >= 15 is 0 Å². The topological polar surface area (TPSA) is 90.0 Å². The van der Waals surface area contributed by atoms with Crippen LogP contribution in [0, 0.1) is 6.92 Å². The van der Waals surface area contributed by atoms with Gasteiger partial charge in [0.2, 0.25) is 10.0 Å². The van der Waals surface area contributed by atoms with Gasteiger partial charge in [0, 0.05) is 16.6 Å². The van der Waals surface area contributed by atoms with Crippen LogP contribution in [0.2, 0.25) is 5.02 Å². The highest BCUT2D eigenvalue weighted by molar-refractivity contribution is 7.92. The number of anilines is 1. The maximum absolute atomic E-state index is 11.8. The zero-order valence-electron chi connectivity index (χ0n) is 16.8. The van der Waals surface area contributed by atoms with E-state index in [1.165, 1.54) is 0 Å². The van der Waals surface area contributed by atoms with Gasteiger partial charge in [0.15, 0.2) is 5.82 Å². The molecule has 0 radical (unpaired) electrons. The fourth-order valence-electron chi connectivity index (χ4n) is 3.87. The number of nitrogens with one attached hydrogen (secondary N) is 1. The molecule has 0 fully saturated rings. The lowest BCUT2D eigenvalue weighted by Gasteiger charge is -2.32. The Hall–Kier alpha value is -2.84. The van der Waals surface area contributed by atoms with E-state index in [9.17, 15) is 8.42 Å². The first kappa shape index (κ1) is 20.4. The van der Waals surface area contributed by atoms with Gasteiger partial charge in [-0.1, -0.05) is 41.9 Å². The second-order valence-corrected chi connectivity index (χ2v) is 9.35. The van der Waals surface area contributed by atoms with Gasteiger partial charge in [0.05, 0.1) is 17.5 Å². The van der Waals surface area contributed by atoms with E-state index in [4.69, 9.17) is 16.1 Å². The lowest BCUT2D eigenvalue weighted by molar-refractivity contribution is 0.276. The number of benzene rings is 2. The minimum atomic E-state index is -3.42. The fourth-order valence-corrected chi connectivity index (χ4v) is 4.57. The number of hydrogen-bond donors (Lipinski definition) is 1. The van der Waals surface area contributed by atoms with Crippen molar-refractivity contribution in [1.82, 2.24) is 14.7 Å². The second kappa shape index (κ2) is 7.45. The molecule has 0 amide bonds. The van der Waals surface area contributed by atoms with E-state index in [1.54, 1.807) is 13.0 Å². The zero-order valence-corrected chi connectivity index (χ0v) is 18.3. The lowest BCUT2D eigenvalue weighted by Crippen LogP contribution is -2.35. The number of hydrogen-bond acceptors (Lipinski definition) is 5. The van der Waals surface area contributed by atoms with Crippen LogP contribution in [0.5, 0.6) is 0 Å². The summed E-state index contributed by atoms with van der Waals surface area (Å²) >= 11 is 6.13. The van der Waals surface area contributed by atoms with Crippen molar-refractivity contribution >= 4 is 38.2 Å². The van der Waals surface area contributed by atoms with Crippen molar-refractivity contribution in [1.29, 1.82) is 0 Å². The monoisotopic (exact) mass is 444 g/mol. The van der Waals surface area contributed by atoms with Crippen LogP contribution < -0.4 is 4.72 Å². The number of halogens is 1. The highest BCUT2D eigenvalue weighted by atomic mass is 35.5. The minimum Gasteiger partial charge on any atom is -0.336 e. The third-order valence-electron chi connectivity index (χ3n) is 5.15. The normalized spacial score (nSPS) is 14.0. The van der Waals surface area contributed by atoms with Crippen molar-refractivity contribution in [2.75, 3.05) is 11.0 Å². The van der Waals surface area contributed by atoms with Gasteiger partial charge < -0.3 is 9.09 Å². The van der Waals surface area contributed by atoms with E-state index < -0.39 is 15.6 Å². The molecule has 2 aromatic heterocycles. The molecule has 1 N–H and O–H groups in total. The van der Waals surface area contributed by atoms with E-state index in [1.807, 2.05) is 60.2 Å². The van der Waals surface area contributed by atoms with Crippen LogP contribution in [0.1, 0.15) is 30.6 Å². The molecule has 0 saturated heterocycles. The van der Waals surface area contributed by atoms with E-state index in [0.29, 0.717) is 28.8 Å². The van der Waals surface area contributed by atoms with Gasteiger partial charge in [-0.2, -0.15) is 4.98 Å². The summed E-state index contributed by atoms with van der Waals surface area (Å²) in [6.07, 6.45) is 3.66. The summed E-state index contributed by atoms with van der Waals surface area (Å²) in [6, 6.07) is 14.9. The molecule has 2 heterocycles. The lowest BCUT2D eigenvalue weighted by atomic mass is 9.86. The number of aromatic nitrogens is 3. The SMILES string of the molecule is CCC(c1ccc(Cl)cc1)(c1nc(C)no1)n1ccc2c(NS(C)(=O)=O)cccc21. The standard InChI is InChI=1S/C21H21ClN4O3S/c1-4-21(20-23-14(2)24-29-20,15-8-10-16(22)11-9-15)26-13-12-17-18(25-30(3,27)28)6-5-7-19(17)26/h5-13,25H,4H2,1-3H3. The quantitative estimate of drug-likeness (QED) is 0.470. The van der Waals surface area contributed by atoms with Gasteiger partial charge in [-0.3, -0.25) is 4.72 Å². The molecule has 9 heteroatoms. The molecule has 0 aliphatic heterocycles. The average Bonchev–Trinajstić information content (AvgIpc) is 3.31. The predicted molar refractivity (Wildman–Crippen MR) is 117 cm³/mol. The summed E-state index contributed by atoms with van der Waals surface area (Å²) in [4.78, 5) is 4.55. The number of aryl methyl sites for hydroxylation is 1. The zero-order chi connectivity index (χ0) is 21.5. The van der Waals surface area contributed by atoms with Crippen LogP contribution >= 0.6 is 11.6 Å². The van der Waals surface area contributed by atoms with E-state index in [0.717, 1.165) is 22.7 Å². The Kier molecular flexibility index (Phi) is 5.07. The Morgan fingerprint density at radius 2 is 1.90 bits per heavy atom. The van der Waals surface area contributed by atoms with Crippen LogP contribution in [0.3, 0.4) is 0 Å². The summed E-state index contributed by atoms with van der Waals surface area (Å²) < 4.78 is 33.9. The summed E-state index contributed by atoms with van der Waals surface area (Å²) in [5, 5.41) is 5.41. The van der Waals surface area contributed by atoms with Gasteiger partial charge in [0.1, 0.15) is 5.54 Å². The first-order valence-electron chi connectivity index (χ1n) is 9.40. The molecule has 30 heavy (non-hydrogen) atoms. The summed E-state index contributed by atoms with van der Waals surface area (Å²) in [6.45, 7) is 3.82. The van der Waals surface area contributed by atoms with Crippen molar-refractivity contribution in [2.45, 2.75) is 25.8 Å². The Morgan fingerprint density at radius 1 is 1.17 bits per heavy atom. The molecular weight excluding hydrogens is 424 g/mol. The molecule has 7 nitrogen and oxygen atoms in total. The molecule has 0 spiro atoms. The van der Waals surface area contributed by atoms with Crippen LogP contribution in [-0.4, -0.2) is 29.4 Å². The summed E-state index contributed by atoms with van der Waals surface area (Å²) in [5.41, 5.74) is 1.47. The highest BCUT2D eigenvalue weighted by Crippen LogP contribution is 2.40. The second-order valence-electron chi connectivity index (χ2n) is 7.17. The molecule has 2 aromatic carbocycles. The number of rotatable bonds is 6. The van der Waals surface area contributed by atoms with Crippen molar-refractivity contribution in [2.24, 2.45) is 0 Å². The molecule has 1 atom stereocenters. The van der Waals surface area contributed by atoms with Crippen molar-refractivity contribution < 1.29 is 12.9 Å². The molecule has 4 rings (SSSR count). The van der Waals surface area contributed by atoms with Gasteiger partial charge in [-0.15, -0.1) is 0 Å². The molecule has 1 unspecified atom stereocenters. The Morgan fingerprint density at radius 3 is 2.50 bits per heavy atom. The maximum atomic E-state index is 11.8. The Balaban J connectivity index is 2.02. The van der Waals surface area contributed by atoms with Crippen molar-refractivity contribution in [3.63, 3.8) is 0 Å². The Labute approximate surface area is 179 Å². The molecule has 0 aliphatic rings. The van der Waals surface area contributed by atoms with Crippen molar-refractivity contribution in [3.05, 3.63) is 77.0 Å². The summed E-state index contributed by atoms with van der Waals surface area (Å²) in [5.74, 6) is 0.983. The maximum Gasteiger partial charge on any atom is 0.257 e. The van der Waals surface area contributed by atoms with Crippen LogP contribution in [0.25, 0.3) is 10.9 Å². The van der Waals surface area contributed by atoms with Crippen molar-refractivity contribution in [3.8, 4) is 0 Å². The first-order valence-corrected chi connectivity index (χ1v) is 11.7. The van der Waals surface area contributed by atoms with Gasteiger partial charge in [-0.05, 0) is 49.2 Å². The molecular formula is C21H21ClN4O3S. The first-order chi connectivity index (χ1) is 14.2. The third kappa shape index (κ3) is 3.46. The number of fused-ring (bicyclic) bond motifs is 1. The minimum absolute atomic E-state index is 0.448.